The summed E-state index contributed by atoms with van der Waals surface area (Å²) in [6, 6.07) is 5.95. The van der Waals surface area contributed by atoms with Crippen molar-refractivity contribution >= 4 is 17.9 Å². The number of alkyl carbamates (subject to hydrolysis) is 1. The number of carbonyl (C=O) groups excluding carboxylic acids is 1. The van der Waals surface area contributed by atoms with E-state index in [4.69, 9.17) is 21.8 Å². The quantitative estimate of drug-likeness (QED) is 0.349. The van der Waals surface area contributed by atoms with Crippen molar-refractivity contribution < 1.29 is 31.0 Å². The average Bonchev–Trinajstić information content (AvgIpc) is 3.47. The predicted octanol–water partition coefficient (Wildman–Crippen LogP) is 5.50. The Labute approximate surface area is 257 Å². The second-order valence-electron chi connectivity index (χ2n) is 9.50. The number of piperidine rings is 1. The molecular formula is C31H36FN5O3S. The molecule has 2 aromatic heterocycles. The Morgan fingerprint density at radius 1 is 1.29 bits per heavy atom. The predicted molar refractivity (Wildman–Crippen MR) is 157 cm³/mol. The number of aromatic nitrogens is 3. The number of halogens is 1. The molecule has 41 heavy (non-hydrogen) atoms. The molecule has 0 spiro atoms. The maximum Gasteiger partial charge on any atom is 0.408 e. The van der Waals surface area contributed by atoms with Crippen LogP contribution < -0.4 is 10.1 Å². The van der Waals surface area contributed by atoms with Gasteiger partial charge in [0.25, 0.3) is 0 Å². The van der Waals surface area contributed by atoms with Gasteiger partial charge in [-0.3, -0.25) is 9.55 Å². The van der Waals surface area contributed by atoms with Crippen LogP contribution in [0.5, 0.6) is 5.75 Å². The second-order valence-corrected chi connectivity index (χ2v) is 10.5. The minimum Gasteiger partial charge on any atom is -0.487 e. The van der Waals surface area contributed by atoms with Gasteiger partial charge < -0.3 is 19.7 Å². The summed E-state index contributed by atoms with van der Waals surface area (Å²) >= 11 is 0.255. The number of nitrogens with zero attached hydrogens (tertiary/aromatic N) is 4. The molecule has 3 heterocycles. The van der Waals surface area contributed by atoms with E-state index in [9.17, 15) is 4.79 Å². The molecule has 1 N–H and O–H groups in total. The van der Waals surface area contributed by atoms with Crippen LogP contribution in [0.2, 0.25) is 0 Å². The average molecular weight is 587 g/mol. The lowest BCUT2D eigenvalue weighted by Crippen LogP contribution is -2.43. The Morgan fingerprint density at radius 2 is 2.10 bits per heavy atom. The molecule has 5 rings (SSSR count). The zero-order chi connectivity index (χ0) is 36.7. The first kappa shape index (κ1) is 19.5. The molecule has 1 aliphatic heterocycles. The molecule has 2 aliphatic rings. The van der Waals surface area contributed by atoms with Crippen molar-refractivity contribution in [3.63, 3.8) is 0 Å². The Kier molecular flexibility index (Phi) is 6.62. The van der Waals surface area contributed by atoms with Gasteiger partial charge in [0.15, 0.2) is 11.8 Å². The smallest absolute Gasteiger partial charge is 0.408 e. The zero-order valence-corrected chi connectivity index (χ0v) is 23.5. The van der Waals surface area contributed by atoms with Crippen LogP contribution >= 0.6 is 11.8 Å². The highest BCUT2D eigenvalue weighted by Gasteiger charge is 2.22. The van der Waals surface area contributed by atoms with Crippen LogP contribution in [-0.2, 0) is 11.3 Å². The van der Waals surface area contributed by atoms with Gasteiger partial charge in [0, 0.05) is 35.9 Å². The number of nitrogens with one attached hydrogen (secondary N) is 1. The summed E-state index contributed by atoms with van der Waals surface area (Å²) < 4.78 is 103. The van der Waals surface area contributed by atoms with Crippen molar-refractivity contribution in [3.05, 3.63) is 65.5 Å². The summed E-state index contributed by atoms with van der Waals surface area (Å²) in [4.78, 5) is 22.6. The van der Waals surface area contributed by atoms with E-state index in [1.54, 1.807) is 25.1 Å². The Balaban J connectivity index is 1.32. The van der Waals surface area contributed by atoms with Crippen molar-refractivity contribution in [1.29, 1.82) is 0 Å². The molecule has 8 nitrogen and oxygen atoms in total. The first-order valence-corrected chi connectivity index (χ1v) is 13.9. The van der Waals surface area contributed by atoms with Gasteiger partial charge in [-0.1, -0.05) is 36.3 Å². The van der Waals surface area contributed by atoms with Crippen LogP contribution in [0.1, 0.15) is 67.5 Å². The Bertz CT molecular complexity index is 1750. The number of thioether (sulfide) groups is 1. The van der Waals surface area contributed by atoms with E-state index in [-0.39, 0.29) is 47.5 Å². The van der Waals surface area contributed by atoms with Gasteiger partial charge in [-0.25, -0.2) is 14.2 Å². The summed E-state index contributed by atoms with van der Waals surface area (Å²) in [5, 5.41) is -0.340. The first-order chi connectivity index (χ1) is 23.3. The minimum absolute atomic E-state index is 0.0335. The largest absolute Gasteiger partial charge is 0.487 e. The molecule has 1 saturated heterocycles. The van der Waals surface area contributed by atoms with Gasteiger partial charge >= 0.3 is 6.09 Å². The fraction of sp³-hybridized carbons (Fsp3) is 0.452. The number of amides is 1. The summed E-state index contributed by atoms with van der Waals surface area (Å²) in [7, 11) is 2.02. The van der Waals surface area contributed by atoms with Crippen molar-refractivity contribution in [3.8, 4) is 23.3 Å². The SMILES string of the molecule is [2H]C1([2H])C([2H])([2H])C([2H])([2H])C([2H])(Sc2ncc(COc3cc(C)c(C#CCOC(=O)NC4CCN(C)CC4)c(F)c3)n2-c2cccnc2)C1([2H])[2H]. The number of benzene rings is 1. The fourth-order valence-electron chi connectivity index (χ4n) is 4.35. The van der Waals surface area contributed by atoms with E-state index >= 15 is 4.39 Å². The monoisotopic (exact) mass is 586 g/mol. The number of pyridine rings is 1. The molecule has 0 atom stereocenters. The van der Waals surface area contributed by atoms with Crippen molar-refractivity contribution in [2.24, 2.45) is 0 Å². The molecule has 0 bridgehead atoms. The van der Waals surface area contributed by atoms with Crippen LogP contribution in [0.4, 0.5) is 9.18 Å². The Morgan fingerprint density at radius 3 is 2.83 bits per heavy atom. The highest BCUT2D eigenvalue weighted by molar-refractivity contribution is 7.99. The van der Waals surface area contributed by atoms with E-state index in [1.807, 2.05) is 7.05 Å². The van der Waals surface area contributed by atoms with E-state index in [1.165, 1.54) is 23.2 Å². The van der Waals surface area contributed by atoms with Crippen LogP contribution in [0.3, 0.4) is 0 Å². The summed E-state index contributed by atoms with van der Waals surface area (Å²) in [6.45, 7) is 2.94. The maximum absolute atomic E-state index is 15.2. The molecular weight excluding hydrogens is 541 g/mol. The number of imidazole rings is 1. The lowest BCUT2D eigenvalue weighted by molar-refractivity contribution is 0.147. The zero-order valence-electron chi connectivity index (χ0n) is 31.7. The van der Waals surface area contributed by atoms with E-state index in [0.29, 0.717) is 16.9 Å². The van der Waals surface area contributed by atoms with Crippen molar-refractivity contribution in [2.75, 3.05) is 26.7 Å². The fourth-order valence-corrected chi connectivity index (χ4v) is 5.16. The topological polar surface area (TPSA) is 81.5 Å². The lowest BCUT2D eigenvalue weighted by atomic mass is 10.1. The van der Waals surface area contributed by atoms with Crippen molar-refractivity contribution in [1.82, 2.24) is 24.8 Å². The number of hydrogen-bond acceptors (Lipinski definition) is 7. The molecule has 1 aliphatic carbocycles. The molecule has 1 aromatic carbocycles. The van der Waals surface area contributed by atoms with Crippen LogP contribution in [0.25, 0.3) is 5.69 Å². The molecule has 0 radical (unpaired) electrons. The second kappa shape index (κ2) is 13.9. The van der Waals surface area contributed by atoms with E-state index in [2.05, 4.69) is 32.0 Å². The standard InChI is InChI=1S/C31H36FN5O3S/c1-22-17-26(18-29(32)28(22)10-6-16-39-31(38)35-23-11-14-36(2)15-12-23)40-21-25-20-34-30(41-27-8-3-4-9-27)37(25)24-7-5-13-33-19-24/h5,7,13,17-20,23,27H,3-4,8-9,11-12,14-16,21H2,1-2H3,(H,35,38)/i3D2,4D2,8D2,9D2,27D. The molecule has 1 saturated carbocycles. The first-order valence-electron chi connectivity index (χ1n) is 17.5. The molecule has 216 valence electrons. The summed E-state index contributed by atoms with van der Waals surface area (Å²) in [6.07, 6.45) is -7.99. The van der Waals surface area contributed by atoms with Gasteiger partial charge in [0.2, 0.25) is 0 Å². The lowest BCUT2D eigenvalue weighted by Gasteiger charge is -2.28. The summed E-state index contributed by atoms with van der Waals surface area (Å²) in [5.74, 6) is 4.81. The molecule has 2 fully saturated rings. The van der Waals surface area contributed by atoms with Crippen LogP contribution in [-0.4, -0.2) is 63.5 Å². The van der Waals surface area contributed by atoms with Crippen LogP contribution in [0.15, 0.2) is 48.0 Å². The molecule has 0 unspecified atom stereocenters. The number of carbonyl (C=O) groups is 1. The molecule has 10 heteroatoms. The third-order valence-electron chi connectivity index (χ3n) is 6.49. The minimum atomic E-state index is -3.36. The van der Waals surface area contributed by atoms with Gasteiger partial charge in [-0.2, -0.15) is 0 Å². The van der Waals surface area contributed by atoms with Crippen LogP contribution in [0, 0.1) is 24.6 Å². The number of hydrogen-bond donors (Lipinski definition) is 1. The van der Waals surface area contributed by atoms with Gasteiger partial charge in [-0.05, 0) is 76.4 Å². The number of aryl methyl sites for hydroxylation is 1. The summed E-state index contributed by atoms with van der Waals surface area (Å²) in [5.41, 5.74) is 1.23. The van der Waals surface area contributed by atoms with E-state index in [0.717, 1.165) is 32.0 Å². The molecule has 1 amide bonds. The van der Waals surface area contributed by atoms with E-state index < -0.39 is 42.6 Å². The number of ether oxygens (including phenoxy) is 2. The van der Waals surface area contributed by atoms with Gasteiger partial charge in [0.1, 0.15) is 18.2 Å². The van der Waals surface area contributed by atoms with Gasteiger partial charge in [0.05, 0.1) is 29.3 Å². The highest BCUT2D eigenvalue weighted by Crippen LogP contribution is 2.35. The van der Waals surface area contributed by atoms with Crippen molar-refractivity contribution in [2.45, 2.75) is 68.3 Å². The van der Waals surface area contributed by atoms with Gasteiger partial charge in [-0.15, -0.1) is 0 Å². The normalized spacial score (nSPS) is 25.2. The third kappa shape index (κ3) is 7.80. The highest BCUT2D eigenvalue weighted by atomic mass is 32.2. The number of likely N-dealkylation sites (tertiary alicyclic amines) is 1. The third-order valence-corrected chi connectivity index (χ3v) is 7.37. The Hall–Kier alpha value is -3.55. The molecule has 3 aromatic rings. The number of rotatable bonds is 8. The maximum atomic E-state index is 15.2.